The van der Waals surface area contributed by atoms with Crippen LogP contribution in [0, 0.1) is 0 Å². The van der Waals surface area contributed by atoms with E-state index in [1.165, 1.54) is 57.8 Å². The Morgan fingerprint density at radius 2 is 0.771 bits per heavy atom. The number of hydrogen-bond acceptors (Lipinski definition) is 7. The van der Waals surface area contributed by atoms with Gasteiger partial charge >= 0.3 is 19.8 Å². The Bertz CT molecular complexity index is 1590. The number of carbonyl (C=O) groups excluding carboxylic acids is 2. The van der Waals surface area contributed by atoms with Crippen molar-refractivity contribution in [3.05, 3.63) is 122 Å². The molecule has 0 aliphatic heterocycles. The summed E-state index contributed by atoms with van der Waals surface area (Å²) in [5.74, 6) is -0.857. The fourth-order valence-electron chi connectivity index (χ4n) is 6.83. The first kappa shape index (κ1) is 66.4. The summed E-state index contributed by atoms with van der Waals surface area (Å²) in [7, 11) is 1.44. The van der Waals surface area contributed by atoms with Crippen molar-refractivity contribution in [1.29, 1.82) is 0 Å². The summed E-state index contributed by atoms with van der Waals surface area (Å²) >= 11 is 0. The number of likely N-dealkylation sites (N-methyl/N-ethyl adjacent to an activating group) is 1. The van der Waals surface area contributed by atoms with Gasteiger partial charge in [0.1, 0.15) is 19.8 Å². The first-order chi connectivity index (χ1) is 34.0. The molecule has 70 heavy (non-hydrogen) atoms. The van der Waals surface area contributed by atoms with Crippen LogP contribution in [0.3, 0.4) is 0 Å². The molecule has 2 unspecified atom stereocenters. The molecule has 1 N–H and O–H groups in total. The summed E-state index contributed by atoms with van der Waals surface area (Å²) < 4.78 is 34.4. The molecule has 0 saturated heterocycles. The second-order valence-corrected chi connectivity index (χ2v) is 20.3. The SMILES string of the molecule is CC/C=C\C/C=C\C/C=C\C/C=C\C/C=C\C/C=C\CCCCCCCCCCCCCCC(=O)OC(COC(=O)CCCC/C=C\C/C=C\C/C=C\C/C=C\CC)COP(=O)(O)OCC[N+](C)(C)C. The van der Waals surface area contributed by atoms with E-state index < -0.39 is 32.5 Å². The summed E-state index contributed by atoms with van der Waals surface area (Å²) in [6.07, 6.45) is 71.3. The van der Waals surface area contributed by atoms with Crippen LogP contribution in [0.4, 0.5) is 0 Å². The van der Waals surface area contributed by atoms with Gasteiger partial charge < -0.3 is 18.9 Å². The van der Waals surface area contributed by atoms with Crippen molar-refractivity contribution in [2.24, 2.45) is 0 Å². The number of carbonyl (C=O) groups is 2. The molecule has 0 radical (unpaired) electrons. The molecule has 0 amide bonds. The number of ether oxygens (including phenoxy) is 2. The van der Waals surface area contributed by atoms with Crippen molar-refractivity contribution < 1.29 is 42.1 Å². The van der Waals surface area contributed by atoms with Crippen molar-refractivity contribution in [2.45, 2.75) is 200 Å². The van der Waals surface area contributed by atoms with E-state index in [1.54, 1.807) is 0 Å². The lowest BCUT2D eigenvalue weighted by atomic mass is 10.0. The van der Waals surface area contributed by atoms with E-state index in [-0.39, 0.29) is 26.1 Å². The Labute approximate surface area is 428 Å². The quantitative estimate of drug-likeness (QED) is 0.0211. The van der Waals surface area contributed by atoms with Crippen LogP contribution in [0.2, 0.25) is 0 Å². The lowest BCUT2D eigenvalue weighted by Gasteiger charge is -2.24. The molecule has 2 atom stereocenters. The molecule has 10 heteroatoms. The van der Waals surface area contributed by atoms with Crippen molar-refractivity contribution >= 4 is 19.8 Å². The Morgan fingerprint density at radius 1 is 0.443 bits per heavy atom. The van der Waals surface area contributed by atoms with E-state index in [4.69, 9.17) is 18.5 Å². The van der Waals surface area contributed by atoms with Crippen molar-refractivity contribution in [3.63, 3.8) is 0 Å². The maximum atomic E-state index is 12.8. The monoisotopic (exact) mass is 995 g/mol. The first-order valence-electron chi connectivity index (χ1n) is 27.3. The van der Waals surface area contributed by atoms with Gasteiger partial charge in [0.15, 0.2) is 6.10 Å². The third-order valence-corrected chi connectivity index (χ3v) is 12.0. The third kappa shape index (κ3) is 53.8. The Hall–Kier alpha value is -3.59. The molecular formula is C60H101NO8P+. The molecule has 0 heterocycles. The molecule has 0 aromatic carbocycles. The molecule has 0 spiro atoms. The van der Waals surface area contributed by atoms with Crippen molar-refractivity contribution in [1.82, 2.24) is 0 Å². The van der Waals surface area contributed by atoms with E-state index in [0.717, 1.165) is 96.3 Å². The molecule has 0 aliphatic carbocycles. The standard InChI is InChI=1S/C60H100NO8P/c1-6-8-10-12-14-16-18-20-22-23-24-25-26-27-28-29-30-31-32-33-34-35-36-37-39-41-43-45-47-49-51-53-60(63)69-58(57-68-70(64,65)67-55-54-61(3,4)5)56-66-59(62)52-50-48-46-44-42-40-38-21-19-17-15-13-11-9-7-2/h8-11,14-17,20-22,24-25,27-28,30-31,38,42,44,58H,6-7,12-13,18-19,23,26,29,32-37,39-41,43,45-57H2,1-5H3/p+1/b10-8-,11-9-,16-14-,17-15-,22-20-,25-24-,28-27-,31-30-,38-21-,44-42-. The van der Waals surface area contributed by atoms with Gasteiger partial charge in [-0.3, -0.25) is 18.6 Å². The van der Waals surface area contributed by atoms with Crippen LogP contribution in [0.15, 0.2) is 122 Å². The maximum absolute atomic E-state index is 12.8. The zero-order valence-corrected chi connectivity index (χ0v) is 45.8. The fourth-order valence-corrected chi connectivity index (χ4v) is 7.57. The van der Waals surface area contributed by atoms with Crippen LogP contribution >= 0.6 is 7.82 Å². The van der Waals surface area contributed by atoms with E-state index in [9.17, 15) is 19.0 Å². The lowest BCUT2D eigenvalue weighted by molar-refractivity contribution is -0.870. The Morgan fingerprint density at radius 3 is 1.17 bits per heavy atom. The number of nitrogens with zero attached hydrogens (tertiary/aromatic N) is 1. The molecule has 0 rings (SSSR count). The zero-order chi connectivity index (χ0) is 51.3. The maximum Gasteiger partial charge on any atom is 0.472 e. The number of rotatable bonds is 48. The van der Waals surface area contributed by atoms with Gasteiger partial charge in [-0.25, -0.2) is 4.57 Å². The minimum atomic E-state index is -4.40. The van der Waals surface area contributed by atoms with Gasteiger partial charge in [-0.1, -0.05) is 200 Å². The van der Waals surface area contributed by atoms with E-state index in [2.05, 4.69) is 135 Å². The van der Waals surface area contributed by atoms with E-state index in [1.807, 2.05) is 21.1 Å². The number of hydrogen-bond donors (Lipinski definition) is 1. The number of phosphoric ester groups is 1. The van der Waals surface area contributed by atoms with Gasteiger partial charge in [-0.2, -0.15) is 0 Å². The molecule has 0 fully saturated rings. The summed E-state index contributed by atoms with van der Waals surface area (Å²) in [5.41, 5.74) is 0. The van der Waals surface area contributed by atoms with Gasteiger partial charge in [0.2, 0.25) is 0 Å². The van der Waals surface area contributed by atoms with Crippen LogP contribution in [0.25, 0.3) is 0 Å². The molecule has 0 aliphatic rings. The second kappa shape index (κ2) is 50.4. The van der Waals surface area contributed by atoms with Crippen LogP contribution in [0.1, 0.15) is 194 Å². The van der Waals surface area contributed by atoms with Gasteiger partial charge in [-0.05, 0) is 103 Å². The van der Waals surface area contributed by atoms with Crippen molar-refractivity contribution in [2.75, 3.05) is 47.5 Å². The fraction of sp³-hybridized carbons (Fsp3) is 0.633. The number of unbranched alkanes of at least 4 members (excludes halogenated alkanes) is 14. The Balaban J connectivity index is 4.20. The number of phosphoric acid groups is 1. The number of esters is 2. The van der Waals surface area contributed by atoms with E-state index >= 15 is 0 Å². The predicted molar refractivity (Wildman–Crippen MR) is 297 cm³/mol. The first-order valence-corrected chi connectivity index (χ1v) is 28.8. The third-order valence-electron chi connectivity index (χ3n) is 11.0. The largest absolute Gasteiger partial charge is 0.472 e. The van der Waals surface area contributed by atoms with Gasteiger partial charge in [-0.15, -0.1) is 0 Å². The molecular weight excluding hydrogens is 894 g/mol. The van der Waals surface area contributed by atoms with Crippen LogP contribution in [0.5, 0.6) is 0 Å². The van der Waals surface area contributed by atoms with Crippen LogP contribution in [-0.4, -0.2) is 74.9 Å². The average molecular weight is 995 g/mol. The minimum Gasteiger partial charge on any atom is -0.462 e. The number of allylic oxidation sites excluding steroid dienone is 20. The predicted octanol–water partition coefficient (Wildman–Crippen LogP) is 16.8. The summed E-state index contributed by atoms with van der Waals surface area (Å²) in [6, 6.07) is 0. The highest BCUT2D eigenvalue weighted by atomic mass is 31.2. The van der Waals surface area contributed by atoms with Crippen LogP contribution < -0.4 is 0 Å². The molecule has 398 valence electrons. The molecule has 9 nitrogen and oxygen atoms in total. The van der Waals surface area contributed by atoms with Gasteiger partial charge in [0.05, 0.1) is 27.7 Å². The normalized spacial score (nSPS) is 14.3. The second-order valence-electron chi connectivity index (χ2n) is 18.8. The smallest absolute Gasteiger partial charge is 0.462 e. The lowest BCUT2D eigenvalue weighted by Crippen LogP contribution is -2.37. The molecule has 0 aromatic heterocycles. The summed E-state index contributed by atoms with van der Waals surface area (Å²) in [4.78, 5) is 35.6. The van der Waals surface area contributed by atoms with Gasteiger partial charge in [0.25, 0.3) is 0 Å². The highest BCUT2D eigenvalue weighted by Gasteiger charge is 2.27. The topological polar surface area (TPSA) is 108 Å². The highest BCUT2D eigenvalue weighted by molar-refractivity contribution is 7.47. The molecule has 0 aromatic rings. The summed E-state index contributed by atoms with van der Waals surface area (Å²) in [6.45, 7) is 4.13. The van der Waals surface area contributed by atoms with E-state index in [0.29, 0.717) is 23.9 Å². The minimum absolute atomic E-state index is 0.0183. The van der Waals surface area contributed by atoms with Crippen LogP contribution in [-0.2, 0) is 32.7 Å². The molecule has 0 bridgehead atoms. The zero-order valence-electron chi connectivity index (χ0n) is 45.0. The average Bonchev–Trinajstić information content (AvgIpc) is 3.32. The van der Waals surface area contributed by atoms with Gasteiger partial charge in [0, 0.05) is 12.8 Å². The number of quaternary nitrogens is 1. The highest BCUT2D eigenvalue weighted by Crippen LogP contribution is 2.43. The summed E-state index contributed by atoms with van der Waals surface area (Å²) in [5, 5.41) is 0. The van der Waals surface area contributed by atoms with Crippen molar-refractivity contribution in [3.8, 4) is 0 Å². The Kier molecular flexibility index (Phi) is 47.8. The molecule has 0 saturated carbocycles.